The number of likely N-dealkylation sites (N-methyl/N-ethyl adjacent to an activating group) is 1. The van der Waals surface area contributed by atoms with Crippen LogP contribution in [0.1, 0.15) is 19.4 Å². The van der Waals surface area contributed by atoms with E-state index in [-0.39, 0.29) is 0 Å². The van der Waals surface area contributed by atoms with Gasteiger partial charge >= 0.3 is 5.97 Å². The van der Waals surface area contributed by atoms with Gasteiger partial charge in [-0.3, -0.25) is 9.69 Å². The predicted octanol–water partition coefficient (Wildman–Crippen LogP) is 4.47. The van der Waals surface area contributed by atoms with Crippen LogP contribution in [0.5, 0.6) is 11.5 Å². The van der Waals surface area contributed by atoms with E-state index in [1.807, 2.05) is 49.1 Å². The van der Waals surface area contributed by atoms with Crippen LogP contribution in [0.15, 0.2) is 48.5 Å². The summed E-state index contributed by atoms with van der Waals surface area (Å²) in [6.07, 6.45) is 0.333. The highest BCUT2D eigenvalue weighted by Crippen LogP contribution is 2.29. The summed E-state index contributed by atoms with van der Waals surface area (Å²) < 4.78 is 5.92. The minimum Gasteiger partial charge on any atom is -0.480 e. The minimum atomic E-state index is -0.843. The number of aliphatic carboxylic acids is 1. The van der Waals surface area contributed by atoms with Crippen molar-refractivity contribution in [3.63, 3.8) is 0 Å². The fraction of sp³-hybridized carbons (Fsp3) is 0.316. The number of carbonyl (C=O) groups is 1. The third kappa shape index (κ3) is 4.73. The first-order valence-electron chi connectivity index (χ1n) is 8.03. The van der Waals surface area contributed by atoms with E-state index >= 15 is 0 Å². The molecule has 0 amide bonds. The summed E-state index contributed by atoms with van der Waals surface area (Å²) in [5, 5.41) is 10.2. The Hall–Kier alpha value is -2.04. The van der Waals surface area contributed by atoms with Crippen molar-refractivity contribution in [2.24, 2.45) is 0 Å². The molecule has 0 saturated carbocycles. The van der Waals surface area contributed by atoms with Crippen LogP contribution in [0.3, 0.4) is 0 Å². The fourth-order valence-corrected chi connectivity index (χ4v) is 2.86. The third-order valence-electron chi connectivity index (χ3n) is 3.95. The summed E-state index contributed by atoms with van der Waals surface area (Å²) in [6.45, 7) is 5.25. The first-order chi connectivity index (χ1) is 11.5. The number of hydrogen-bond donors (Lipinski definition) is 1. The molecule has 2 rings (SSSR count). The molecule has 0 aliphatic heterocycles. The number of halogens is 1. The van der Waals surface area contributed by atoms with Crippen molar-refractivity contribution >= 4 is 17.6 Å². The zero-order valence-corrected chi connectivity index (χ0v) is 14.7. The highest BCUT2D eigenvalue weighted by Gasteiger charge is 2.25. The summed E-state index contributed by atoms with van der Waals surface area (Å²) in [5.41, 5.74) is 0.783. The Morgan fingerprint density at radius 2 is 1.83 bits per heavy atom. The molecule has 128 valence electrons. The van der Waals surface area contributed by atoms with Crippen LogP contribution in [0, 0.1) is 0 Å². The summed E-state index contributed by atoms with van der Waals surface area (Å²) in [4.78, 5) is 13.6. The summed E-state index contributed by atoms with van der Waals surface area (Å²) in [6, 6.07) is 14.1. The van der Waals surface area contributed by atoms with E-state index in [4.69, 9.17) is 16.3 Å². The van der Waals surface area contributed by atoms with Gasteiger partial charge in [0.1, 0.15) is 17.5 Å². The molecule has 1 atom stereocenters. The molecule has 2 aromatic carbocycles. The Bertz CT molecular complexity index is 672. The molecule has 0 bridgehead atoms. The van der Waals surface area contributed by atoms with Gasteiger partial charge in [-0.1, -0.05) is 43.6 Å². The largest absolute Gasteiger partial charge is 0.480 e. The maximum Gasteiger partial charge on any atom is 0.321 e. The monoisotopic (exact) mass is 347 g/mol. The second-order valence-corrected chi connectivity index (χ2v) is 5.88. The zero-order valence-electron chi connectivity index (χ0n) is 13.9. The van der Waals surface area contributed by atoms with Crippen LogP contribution in [0.25, 0.3) is 0 Å². The number of para-hydroxylation sites is 1. The SMILES string of the molecule is CCN(CC)C(Cc1cc(Cl)ccc1Oc1ccccc1)C(=O)O. The molecule has 1 unspecified atom stereocenters. The molecule has 0 spiro atoms. The first-order valence-corrected chi connectivity index (χ1v) is 8.41. The molecule has 4 nitrogen and oxygen atoms in total. The molecule has 0 saturated heterocycles. The summed E-state index contributed by atoms with van der Waals surface area (Å²) in [5.74, 6) is 0.490. The minimum absolute atomic E-state index is 0.333. The number of ether oxygens (including phenoxy) is 1. The van der Waals surface area contributed by atoms with E-state index in [1.54, 1.807) is 18.2 Å². The zero-order chi connectivity index (χ0) is 17.5. The maximum absolute atomic E-state index is 11.7. The fourth-order valence-electron chi connectivity index (χ4n) is 2.67. The predicted molar refractivity (Wildman–Crippen MR) is 96.0 cm³/mol. The second-order valence-electron chi connectivity index (χ2n) is 5.45. The molecule has 1 N–H and O–H groups in total. The molecular formula is C19H22ClNO3. The van der Waals surface area contributed by atoms with Crippen molar-refractivity contribution in [3.05, 3.63) is 59.1 Å². The smallest absolute Gasteiger partial charge is 0.321 e. The first kappa shape index (κ1) is 18.3. The Kier molecular flexibility index (Phi) is 6.64. The lowest BCUT2D eigenvalue weighted by Crippen LogP contribution is -2.42. The van der Waals surface area contributed by atoms with Crippen LogP contribution < -0.4 is 4.74 Å². The number of carboxylic acids is 1. The molecule has 2 aromatic rings. The van der Waals surface area contributed by atoms with E-state index in [0.29, 0.717) is 36.0 Å². The van der Waals surface area contributed by atoms with Crippen molar-refractivity contribution in [2.45, 2.75) is 26.3 Å². The van der Waals surface area contributed by atoms with Gasteiger partial charge in [0.15, 0.2) is 0 Å². The summed E-state index contributed by atoms with van der Waals surface area (Å²) >= 11 is 6.11. The molecular weight excluding hydrogens is 326 g/mol. The number of hydrogen-bond acceptors (Lipinski definition) is 3. The molecule has 5 heteroatoms. The molecule has 0 aliphatic rings. The lowest BCUT2D eigenvalue weighted by Gasteiger charge is -2.26. The summed E-state index contributed by atoms with van der Waals surface area (Å²) in [7, 11) is 0. The Morgan fingerprint density at radius 3 is 2.42 bits per heavy atom. The normalized spacial score (nSPS) is 12.2. The number of nitrogens with zero attached hydrogens (tertiary/aromatic N) is 1. The highest BCUT2D eigenvalue weighted by molar-refractivity contribution is 6.30. The molecule has 0 radical (unpaired) electrons. The van der Waals surface area contributed by atoms with Crippen molar-refractivity contribution in [3.8, 4) is 11.5 Å². The van der Waals surface area contributed by atoms with E-state index in [1.165, 1.54) is 0 Å². The van der Waals surface area contributed by atoms with Gasteiger partial charge < -0.3 is 9.84 Å². The van der Waals surface area contributed by atoms with Gasteiger partial charge in [-0.15, -0.1) is 0 Å². The third-order valence-corrected chi connectivity index (χ3v) is 4.18. The van der Waals surface area contributed by atoms with Crippen molar-refractivity contribution < 1.29 is 14.6 Å². The number of carboxylic acid groups (broad SMARTS) is 1. The standard InChI is InChI=1S/C19H22ClNO3/c1-3-21(4-2)17(19(22)23)13-14-12-15(20)10-11-18(14)24-16-8-6-5-7-9-16/h5-12,17H,3-4,13H2,1-2H3,(H,22,23). The van der Waals surface area contributed by atoms with E-state index < -0.39 is 12.0 Å². The molecule has 0 heterocycles. The van der Waals surface area contributed by atoms with Crippen LogP contribution in [-0.2, 0) is 11.2 Å². The van der Waals surface area contributed by atoms with Gasteiger partial charge in [0.25, 0.3) is 0 Å². The van der Waals surface area contributed by atoms with E-state index in [9.17, 15) is 9.90 Å². The van der Waals surface area contributed by atoms with Crippen LogP contribution in [0.4, 0.5) is 0 Å². The van der Waals surface area contributed by atoms with Gasteiger partial charge in [0.05, 0.1) is 0 Å². The van der Waals surface area contributed by atoms with Gasteiger partial charge in [0.2, 0.25) is 0 Å². The van der Waals surface area contributed by atoms with Crippen molar-refractivity contribution in [1.29, 1.82) is 0 Å². The molecule has 0 aromatic heterocycles. The van der Waals surface area contributed by atoms with Gasteiger partial charge in [-0.2, -0.15) is 0 Å². The van der Waals surface area contributed by atoms with Crippen LogP contribution >= 0.6 is 11.6 Å². The average molecular weight is 348 g/mol. The van der Waals surface area contributed by atoms with Crippen molar-refractivity contribution in [2.75, 3.05) is 13.1 Å². The Morgan fingerprint density at radius 1 is 1.17 bits per heavy atom. The highest BCUT2D eigenvalue weighted by atomic mass is 35.5. The second kappa shape index (κ2) is 8.71. The number of rotatable bonds is 8. The van der Waals surface area contributed by atoms with Gasteiger partial charge in [0, 0.05) is 11.4 Å². The Balaban J connectivity index is 2.30. The van der Waals surface area contributed by atoms with Crippen LogP contribution in [-0.4, -0.2) is 35.1 Å². The number of benzene rings is 2. The molecule has 0 aliphatic carbocycles. The van der Waals surface area contributed by atoms with E-state index in [2.05, 4.69) is 0 Å². The van der Waals surface area contributed by atoms with Gasteiger partial charge in [-0.25, -0.2) is 0 Å². The quantitative estimate of drug-likeness (QED) is 0.765. The molecule has 24 heavy (non-hydrogen) atoms. The lowest BCUT2D eigenvalue weighted by molar-refractivity contribution is -0.143. The van der Waals surface area contributed by atoms with Gasteiger partial charge in [-0.05, 0) is 49.0 Å². The molecule has 0 fully saturated rings. The average Bonchev–Trinajstić information content (AvgIpc) is 2.58. The van der Waals surface area contributed by atoms with Crippen molar-refractivity contribution in [1.82, 2.24) is 4.90 Å². The maximum atomic E-state index is 11.7. The van der Waals surface area contributed by atoms with Crippen LogP contribution in [0.2, 0.25) is 5.02 Å². The topological polar surface area (TPSA) is 49.8 Å². The lowest BCUT2D eigenvalue weighted by atomic mass is 10.0. The van der Waals surface area contributed by atoms with E-state index in [0.717, 1.165) is 5.56 Å². The Labute approximate surface area is 147 Å².